The van der Waals surface area contributed by atoms with E-state index in [1.54, 1.807) is 18.5 Å². The number of imidazole rings is 1. The van der Waals surface area contributed by atoms with Gasteiger partial charge in [-0.05, 0) is 18.2 Å². The zero-order valence-electron chi connectivity index (χ0n) is 6.59. The van der Waals surface area contributed by atoms with Gasteiger partial charge in [-0.15, -0.1) is 0 Å². The van der Waals surface area contributed by atoms with E-state index in [1.807, 2.05) is 0 Å². The molecule has 0 spiro atoms. The highest BCUT2D eigenvalue weighted by atomic mass is 79.9. The number of benzene rings is 1. The molecular formula is C9H6BrFN2. The third-order valence-electron chi connectivity index (χ3n) is 1.68. The summed E-state index contributed by atoms with van der Waals surface area (Å²) in [5.41, 5.74) is 0.727. The normalized spacial score (nSPS) is 10.3. The van der Waals surface area contributed by atoms with Gasteiger partial charge in [0.15, 0.2) is 0 Å². The summed E-state index contributed by atoms with van der Waals surface area (Å²) >= 11 is 3.33. The molecule has 0 aliphatic carbocycles. The second-order valence-corrected chi connectivity index (χ2v) is 3.42. The van der Waals surface area contributed by atoms with Crippen LogP contribution in [0.1, 0.15) is 0 Å². The van der Waals surface area contributed by atoms with E-state index in [9.17, 15) is 4.39 Å². The largest absolute Gasteiger partial charge is 0.345 e. The van der Waals surface area contributed by atoms with Crippen molar-refractivity contribution in [3.8, 4) is 11.4 Å². The predicted octanol–water partition coefficient (Wildman–Crippen LogP) is 2.98. The molecule has 66 valence electrons. The standard InChI is InChI=1S/C9H6BrFN2/c10-8-2-1-6(11)5-7(8)9-12-3-4-13-9/h1-5H,(H,12,13). The van der Waals surface area contributed by atoms with Gasteiger partial charge < -0.3 is 4.98 Å². The number of aromatic amines is 1. The van der Waals surface area contributed by atoms with Crippen molar-refractivity contribution in [2.45, 2.75) is 0 Å². The third-order valence-corrected chi connectivity index (χ3v) is 2.37. The zero-order chi connectivity index (χ0) is 9.26. The van der Waals surface area contributed by atoms with Gasteiger partial charge in [0.1, 0.15) is 11.6 Å². The maximum absolute atomic E-state index is 12.9. The third kappa shape index (κ3) is 1.62. The molecule has 1 aromatic heterocycles. The molecule has 1 N–H and O–H groups in total. The molecular weight excluding hydrogens is 235 g/mol. The van der Waals surface area contributed by atoms with Crippen molar-refractivity contribution in [3.05, 3.63) is 40.9 Å². The quantitative estimate of drug-likeness (QED) is 0.816. The topological polar surface area (TPSA) is 28.7 Å². The van der Waals surface area contributed by atoms with Crippen LogP contribution in [-0.2, 0) is 0 Å². The molecule has 0 saturated heterocycles. The second kappa shape index (κ2) is 3.30. The van der Waals surface area contributed by atoms with Gasteiger partial charge in [-0.25, -0.2) is 9.37 Å². The van der Waals surface area contributed by atoms with Gasteiger partial charge in [-0.2, -0.15) is 0 Å². The van der Waals surface area contributed by atoms with E-state index in [0.29, 0.717) is 5.82 Å². The number of nitrogens with zero attached hydrogens (tertiary/aromatic N) is 1. The Hall–Kier alpha value is -1.16. The van der Waals surface area contributed by atoms with E-state index in [2.05, 4.69) is 25.9 Å². The van der Waals surface area contributed by atoms with E-state index in [-0.39, 0.29) is 5.82 Å². The Bertz CT molecular complexity index is 412. The fraction of sp³-hybridized carbons (Fsp3) is 0. The van der Waals surface area contributed by atoms with Crippen molar-refractivity contribution in [1.82, 2.24) is 9.97 Å². The maximum atomic E-state index is 12.9. The number of halogens is 2. The molecule has 2 aromatic rings. The molecule has 2 rings (SSSR count). The fourth-order valence-corrected chi connectivity index (χ4v) is 1.53. The number of rotatable bonds is 1. The number of H-pyrrole nitrogens is 1. The highest BCUT2D eigenvalue weighted by Gasteiger charge is 2.05. The molecule has 0 unspecified atom stereocenters. The van der Waals surface area contributed by atoms with Crippen LogP contribution in [0.2, 0.25) is 0 Å². The summed E-state index contributed by atoms with van der Waals surface area (Å²) in [6.07, 6.45) is 3.33. The first-order valence-electron chi connectivity index (χ1n) is 3.72. The van der Waals surface area contributed by atoms with E-state index in [4.69, 9.17) is 0 Å². The molecule has 13 heavy (non-hydrogen) atoms. The summed E-state index contributed by atoms with van der Waals surface area (Å²) in [5.74, 6) is 0.390. The van der Waals surface area contributed by atoms with Crippen molar-refractivity contribution in [2.75, 3.05) is 0 Å². The van der Waals surface area contributed by atoms with Crippen LogP contribution in [0.5, 0.6) is 0 Å². The van der Waals surface area contributed by atoms with Crippen LogP contribution >= 0.6 is 15.9 Å². The first-order chi connectivity index (χ1) is 6.27. The second-order valence-electron chi connectivity index (χ2n) is 2.56. The molecule has 0 amide bonds. The van der Waals surface area contributed by atoms with Crippen molar-refractivity contribution in [2.24, 2.45) is 0 Å². The predicted molar refractivity (Wildman–Crippen MR) is 51.7 cm³/mol. The molecule has 0 fully saturated rings. The van der Waals surface area contributed by atoms with Crippen molar-refractivity contribution in [3.63, 3.8) is 0 Å². The Morgan fingerprint density at radius 1 is 1.38 bits per heavy atom. The lowest BCUT2D eigenvalue weighted by Gasteiger charge is -2.00. The Labute approximate surface area is 83.0 Å². The van der Waals surface area contributed by atoms with Gasteiger partial charge in [-0.1, -0.05) is 15.9 Å². The lowest BCUT2D eigenvalue weighted by Crippen LogP contribution is -1.84. The molecule has 0 bridgehead atoms. The van der Waals surface area contributed by atoms with Crippen LogP contribution in [0.15, 0.2) is 35.1 Å². The molecule has 0 radical (unpaired) electrons. The smallest absolute Gasteiger partial charge is 0.138 e. The van der Waals surface area contributed by atoms with Crippen LogP contribution < -0.4 is 0 Å². The summed E-state index contributed by atoms with van der Waals surface area (Å²) < 4.78 is 13.7. The van der Waals surface area contributed by atoms with Crippen molar-refractivity contribution in [1.29, 1.82) is 0 Å². The first-order valence-corrected chi connectivity index (χ1v) is 4.51. The SMILES string of the molecule is Fc1ccc(Br)c(-c2ncc[nH]2)c1. The van der Waals surface area contributed by atoms with Gasteiger partial charge in [0.25, 0.3) is 0 Å². The number of hydrogen-bond acceptors (Lipinski definition) is 1. The molecule has 4 heteroatoms. The summed E-state index contributed by atoms with van der Waals surface area (Å²) in [5, 5.41) is 0. The minimum atomic E-state index is -0.269. The maximum Gasteiger partial charge on any atom is 0.138 e. The minimum Gasteiger partial charge on any atom is -0.345 e. The van der Waals surface area contributed by atoms with Gasteiger partial charge in [0.05, 0.1) is 0 Å². The monoisotopic (exact) mass is 240 g/mol. The van der Waals surface area contributed by atoms with E-state index in [1.165, 1.54) is 12.1 Å². The van der Waals surface area contributed by atoms with Gasteiger partial charge >= 0.3 is 0 Å². The lowest BCUT2D eigenvalue weighted by molar-refractivity contribution is 0.628. The minimum absolute atomic E-state index is 0.269. The average molecular weight is 241 g/mol. The van der Waals surface area contributed by atoms with Crippen LogP contribution in [0, 0.1) is 5.82 Å². The number of hydrogen-bond donors (Lipinski definition) is 1. The highest BCUT2D eigenvalue weighted by molar-refractivity contribution is 9.10. The highest BCUT2D eigenvalue weighted by Crippen LogP contribution is 2.25. The van der Waals surface area contributed by atoms with Crippen molar-refractivity contribution < 1.29 is 4.39 Å². The van der Waals surface area contributed by atoms with Gasteiger partial charge in [0.2, 0.25) is 0 Å². The van der Waals surface area contributed by atoms with Gasteiger partial charge in [0, 0.05) is 22.4 Å². The molecule has 0 atom stereocenters. The van der Waals surface area contributed by atoms with Crippen LogP contribution in [0.25, 0.3) is 11.4 Å². The molecule has 0 aliphatic rings. The zero-order valence-corrected chi connectivity index (χ0v) is 8.18. The van der Waals surface area contributed by atoms with Gasteiger partial charge in [-0.3, -0.25) is 0 Å². The van der Waals surface area contributed by atoms with E-state index in [0.717, 1.165) is 10.0 Å². The molecule has 2 nitrogen and oxygen atoms in total. The van der Waals surface area contributed by atoms with Crippen molar-refractivity contribution >= 4 is 15.9 Å². The summed E-state index contributed by atoms with van der Waals surface area (Å²) in [4.78, 5) is 6.95. The average Bonchev–Trinajstić information content (AvgIpc) is 2.61. The molecule has 1 aromatic carbocycles. The Balaban J connectivity index is 2.57. The number of aromatic nitrogens is 2. The molecule has 0 saturated carbocycles. The molecule has 0 aliphatic heterocycles. The van der Waals surface area contributed by atoms with E-state index >= 15 is 0 Å². The summed E-state index contributed by atoms with van der Waals surface area (Å²) in [6.45, 7) is 0. The number of nitrogens with one attached hydrogen (secondary N) is 1. The Morgan fingerprint density at radius 2 is 2.23 bits per heavy atom. The lowest BCUT2D eigenvalue weighted by atomic mass is 10.2. The van der Waals surface area contributed by atoms with Crippen LogP contribution in [0.4, 0.5) is 4.39 Å². The Morgan fingerprint density at radius 3 is 2.92 bits per heavy atom. The summed E-state index contributed by atoms with van der Waals surface area (Å²) in [7, 11) is 0. The summed E-state index contributed by atoms with van der Waals surface area (Å²) in [6, 6.07) is 4.49. The van der Waals surface area contributed by atoms with Crippen LogP contribution in [-0.4, -0.2) is 9.97 Å². The van der Waals surface area contributed by atoms with E-state index < -0.39 is 0 Å². The fourth-order valence-electron chi connectivity index (χ4n) is 1.09. The Kier molecular flexibility index (Phi) is 2.14. The first kappa shape index (κ1) is 8.44. The van der Waals surface area contributed by atoms with Crippen LogP contribution in [0.3, 0.4) is 0 Å². The molecule has 1 heterocycles.